The van der Waals surface area contributed by atoms with Gasteiger partial charge in [0.15, 0.2) is 12.1 Å². The molecule has 1 heterocycles. The summed E-state index contributed by atoms with van der Waals surface area (Å²) in [6, 6.07) is 3.95. The number of phenols is 2. The molecule has 0 bridgehead atoms. The molecule has 1 aliphatic heterocycles. The van der Waals surface area contributed by atoms with E-state index in [0.717, 1.165) is 0 Å². The molecule has 1 fully saturated rings. The number of carbonyl (C=O) groups is 2. The molecule has 2 aromatic rings. The third kappa shape index (κ3) is 4.18. The molecule has 0 saturated carbocycles. The van der Waals surface area contributed by atoms with Crippen LogP contribution in [-0.2, 0) is 25.4 Å². The van der Waals surface area contributed by atoms with Crippen molar-refractivity contribution in [1.82, 2.24) is 0 Å². The average molecular weight is 561 g/mol. The van der Waals surface area contributed by atoms with E-state index in [1.807, 2.05) is 0 Å². The molecule has 12 heteroatoms. The van der Waals surface area contributed by atoms with Gasteiger partial charge in [-0.1, -0.05) is 0 Å². The van der Waals surface area contributed by atoms with E-state index in [9.17, 15) is 35.1 Å². The monoisotopic (exact) mass is 560 g/mol. The third-order valence-electron chi connectivity index (χ3n) is 8.01. The smallest absolute Gasteiger partial charge is 0.201 e. The number of hydrogen-bond acceptors (Lipinski definition) is 12. The third-order valence-corrected chi connectivity index (χ3v) is 8.01. The first-order valence-corrected chi connectivity index (χ1v) is 12.7. The summed E-state index contributed by atoms with van der Waals surface area (Å²) in [5, 5.41) is 54.4. The first-order chi connectivity index (χ1) is 18.9. The van der Waals surface area contributed by atoms with E-state index < -0.39 is 71.6 Å². The lowest BCUT2D eigenvalue weighted by molar-refractivity contribution is -0.323. The molecule has 12 nitrogen and oxygen atoms in total. The zero-order chi connectivity index (χ0) is 29.3. The second-order valence-corrected chi connectivity index (χ2v) is 10.6. The van der Waals surface area contributed by atoms with Gasteiger partial charge in [-0.25, -0.2) is 0 Å². The summed E-state index contributed by atoms with van der Waals surface area (Å²) < 4.78 is 28.1. The quantitative estimate of drug-likeness (QED) is 0.296. The molecule has 5 rings (SSSR count). The Labute approximate surface area is 229 Å². The second kappa shape index (κ2) is 10.1. The minimum atomic E-state index is -1.57. The fourth-order valence-electron chi connectivity index (χ4n) is 6.01. The Balaban J connectivity index is 1.67. The summed E-state index contributed by atoms with van der Waals surface area (Å²) in [6.07, 6.45) is -8.39. The number of ketones is 2. The molecule has 0 aromatic heterocycles. The van der Waals surface area contributed by atoms with Crippen LogP contribution < -0.4 is 4.74 Å². The number of rotatable bonds is 5. The van der Waals surface area contributed by atoms with Crippen LogP contribution in [0.15, 0.2) is 18.2 Å². The summed E-state index contributed by atoms with van der Waals surface area (Å²) in [5.74, 6) is -2.30. The molecular formula is C28H32O12. The largest absolute Gasteiger partial charge is 0.507 e. The van der Waals surface area contributed by atoms with Crippen LogP contribution in [0, 0.1) is 0 Å². The van der Waals surface area contributed by atoms with Gasteiger partial charge in [-0.2, -0.15) is 0 Å². The van der Waals surface area contributed by atoms with Gasteiger partial charge in [-0.05, 0) is 31.5 Å². The van der Waals surface area contributed by atoms with Crippen molar-refractivity contribution < 1.29 is 58.8 Å². The van der Waals surface area contributed by atoms with Gasteiger partial charge in [0.25, 0.3) is 0 Å². The van der Waals surface area contributed by atoms with Crippen LogP contribution in [0.1, 0.15) is 62.9 Å². The van der Waals surface area contributed by atoms with Crippen LogP contribution in [0.25, 0.3) is 0 Å². The van der Waals surface area contributed by atoms with Gasteiger partial charge in [0, 0.05) is 43.4 Å². The predicted molar refractivity (Wildman–Crippen MR) is 136 cm³/mol. The Morgan fingerprint density at radius 2 is 1.62 bits per heavy atom. The SMILES string of the molecule is COc1cc(O)c2c(c1)C(=O)c1cc3c(c(O)c1C2=O)[C@@H](O[C@H]1O[C@@H](C)[C@H](O)[C@H](O)[C@H]1OC)[C@@H](OC)[C@](C)(O)C3. The van der Waals surface area contributed by atoms with Crippen LogP contribution >= 0.6 is 0 Å². The maximum Gasteiger partial charge on any atom is 0.201 e. The molecule has 216 valence electrons. The fraction of sp³-hybridized carbons (Fsp3) is 0.500. The highest BCUT2D eigenvalue weighted by atomic mass is 16.7. The lowest BCUT2D eigenvalue weighted by Crippen LogP contribution is -2.59. The van der Waals surface area contributed by atoms with Crippen molar-refractivity contribution in [1.29, 1.82) is 0 Å². The maximum atomic E-state index is 13.6. The molecule has 8 atom stereocenters. The molecule has 0 unspecified atom stereocenters. The first kappa shape index (κ1) is 28.4. The van der Waals surface area contributed by atoms with Gasteiger partial charge in [-0.15, -0.1) is 0 Å². The van der Waals surface area contributed by atoms with E-state index in [1.54, 1.807) is 0 Å². The van der Waals surface area contributed by atoms with E-state index in [4.69, 9.17) is 23.7 Å². The summed E-state index contributed by atoms with van der Waals surface area (Å²) in [7, 11) is 3.99. The number of methoxy groups -OCH3 is 3. The minimum Gasteiger partial charge on any atom is -0.507 e. The molecule has 0 amide bonds. The molecule has 5 N–H and O–H groups in total. The average Bonchev–Trinajstić information content (AvgIpc) is 2.89. The van der Waals surface area contributed by atoms with E-state index >= 15 is 0 Å². The second-order valence-electron chi connectivity index (χ2n) is 10.6. The zero-order valence-electron chi connectivity index (χ0n) is 22.6. The lowest BCUT2D eigenvalue weighted by Gasteiger charge is -2.47. The predicted octanol–water partition coefficient (Wildman–Crippen LogP) is 0.743. The van der Waals surface area contributed by atoms with Gasteiger partial charge in [0.1, 0.15) is 47.8 Å². The number of fused-ring (bicyclic) bond motifs is 3. The molecule has 2 aliphatic carbocycles. The van der Waals surface area contributed by atoms with Crippen molar-refractivity contribution in [2.75, 3.05) is 21.3 Å². The topological polar surface area (TPSA) is 181 Å². The Hall–Kier alpha value is -3.10. The normalized spacial score (nSPS) is 33.2. The summed E-state index contributed by atoms with van der Waals surface area (Å²) in [6.45, 7) is 3.03. The van der Waals surface area contributed by atoms with Crippen molar-refractivity contribution in [3.8, 4) is 17.2 Å². The Morgan fingerprint density at radius 1 is 0.950 bits per heavy atom. The highest BCUT2D eigenvalue weighted by molar-refractivity contribution is 6.30. The number of ether oxygens (including phenoxy) is 5. The molecule has 3 aliphatic rings. The van der Waals surface area contributed by atoms with Crippen LogP contribution in [0.4, 0.5) is 0 Å². The van der Waals surface area contributed by atoms with Crippen molar-refractivity contribution in [3.05, 3.63) is 51.6 Å². The number of hydrogen-bond donors (Lipinski definition) is 5. The first-order valence-electron chi connectivity index (χ1n) is 12.7. The molecule has 2 aromatic carbocycles. The molecule has 0 spiro atoms. The van der Waals surface area contributed by atoms with Crippen LogP contribution in [-0.4, -0.2) is 101 Å². The van der Waals surface area contributed by atoms with E-state index in [1.165, 1.54) is 53.4 Å². The maximum absolute atomic E-state index is 13.6. The Kier molecular flexibility index (Phi) is 7.16. The number of aliphatic hydroxyl groups is 3. The van der Waals surface area contributed by atoms with E-state index in [-0.39, 0.29) is 40.0 Å². The van der Waals surface area contributed by atoms with Crippen LogP contribution in [0.3, 0.4) is 0 Å². The van der Waals surface area contributed by atoms with Gasteiger partial charge in [0.2, 0.25) is 5.78 Å². The van der Waals surface area contributed by atoms with Gasteiger partial charge in [-0.3, -0.25) is 9.59 Å². The zero-order valence-corrected chi connectivity index (χ0v) is 22.6. The lowest BCUT2D eigenvalue weighted by atomic mass is 9.73. The van der Waals surface area contributed by atoms with Gasteiger partial charge >= 0.3 is 0 Å². The Bertz CT molecular complexity index is 1370. The van der Waals surface area contributed by atoms with Crippen LogP contribution in [0.5, 0.6) is 17.2 Å². The highest BCUT2D eigenvalue weighted by Crippen LogP contribution is 2.49. The molecule has 0 radical (unpaired) electrons. The summed E-state index contributed by atoms with van der Waals surface area (Å²) in [5.41, 5.74) is -2.00. The van der Waals surface area contributed by atoms with Crippen molar-refractivity contribution >= 4 is 11.6 Å². The Morgan fingerprint density at radius 3 is 2.25 bits per heavy atom. The molecular weight excluding hydrogens is 528 g/mol. The summed E-state index contributed by atoms with van der Waals surface area (Å²) >= 11 is 0. The van der Waals surface area contributed by atoms with Crippen molar-refractivity contribution in [2.24, 2.45) is 0 Å². The van der Waals surface area contributed by atoms with Gasteiger partial charge < -0.3 is 49.2 Å². The minimum absolute atomic E-state index is 0.0708. The fourth-order valence-corrected chi connectivity index (χ4v) is 6.01. The van der Waals surface area contributed by atoms with Crippen LogP contribution in [0.2, 0.25) is 0 Å². The van der Waals surface area contributed by atoms with Gasteiger partial charge in [0.05, 0.1) is 29.9 Å². The summed E-state index contributed by atoms with van der Waals surface area (Å²) in [4.78, 5) is 27.2. The molecule has 1 saturated heterocycles. The molecule has 40 heavy (non-hydrogen) atoms. The number of carbonyl (C=O) groups excluding carboxylic acids is 2. The number of aromatic hydroxyl groups is 2. The van der Waals surface area contributed by atoms with E-state index in [0.29, 0.717) is 5.56 Å². The van der Waals surface area contributed by atoms with Crippen molar-refractivity contribution in [3.63, 3.8) is 0 Å². The van der Waals surface area contributed by atoms with E-state index in [2.05, 4.69) is 0 Å². The highest BCUT2D eigenvalue weighted by Gasteiger charge is 2.52. The number of aliphatic hydroxyl groups excluding tert-OH is 2. The number of phenolic OH excluding ortho intramolecular Hbond substituents is 2. The standard InChI is InChI=1S/C28H32O12/c1-10-19(30)23(34)25(37-4)27(39-10)40-24-16-11(9-28(2,35)26(24)38-5)6-13-18(21(16)32)22(33)17-14(20(13)31)7-12(36-3)8-15(17)29/h6-8,10,19,23-27,29-30,32,34-35H,9H2,1-5H3/t10-,19-,23-,24+,25+,26+,27+,28+/m0/s1. The number of benzene rings is 2. The van der Waals surface area contributed by atoms with Crippen molar-refractivity contribution in [2.45, 2.75) is 68.8 Å².